The number of fused-ring (bicyclic) bond motifs is 2. The first-order chi connectivity index (χ1) is 17.6. The fourth-order valence-electron chi connectivity index (χ4n) is 3.97. The van der Waals surface area contributed by atoms with E-state index < -0.39 is 5.43 Å². The molecule has 4 aromatic heterocycles. The smallest absolute Gasteiger partial charge is 0.255 e. The van der Waals surface area contributed by atoms with Crippen LogP contribution in [-0.4, -0.2) is 30.8 Å². The Hall–Kier alpha value is -4.76. The Bertz CT molecular complexity index is 1830. The Morgan fingerprint density at radius 2 is 1.83 bits per heavy atom. The molecule has 0 aliphatic rings. The van der Waals surface area contributed by atoms with Gasteiger partial charge in [0.05, 0.1) is 21.1 Å². The first-order valence-electron chi connectivity index (χ1n) is 11.1. The Balaban J connectivity index is 1.53. The highest BCUT2D eigenvalue weighted by Crippen LogP contribution is 2.34. The molecule has 1 amide bonds. The van der Waals surface area contributed by atoms with Crippen LogP contribution in [-0.2, 0) is 0 Å². The highest BCUT2D eigenvalue weighted by atomic mass is 32.1. The monoisotopic (exact) mass is 490 g/mol. The normalized spacial score (nSPS) is 11.1. The molecule has 0 radical (unpaired) electrons. The molecule has 0 bridgehead atoms. The molecule has 6 aromatic rings. The lowest BCUT2D eigenvalue weighted by molar-refractivity contribution is 0.102. The van der Waals surface area contributed by atoms with E-state index in [0.29, 0.717) is 22.6 Å². The van der Waals surface area contributed by atoms with Crippen LogP contribution in [0, 0.1) is 6.92 Å². The number of anilines is 1. The van der Waals surface area contributed by atoms with E-state index in [-0.39, 0.29) is 17.1 Å². The van der Waals surface area contributed by atoms with Crippen molar-refractivity contribution in [2.75, 3.05) is 5.32 Å². The molecule has 8 nitrogen and oxygen atoms in total. The third-order valence-corrected chi connectivity index (χ3v) is 6.64. The lowest BCUT2D eigenvalue weighted by Gasteiger charge is -2.11. The van der Waals surface area contributed by atoms with Gasteiger partial charge < -0.3 is 10.3 Å². The molecule has 0 saturated heterocycles. The molecule has 0 saturated carbocycles. The first-order valence-corrected chi connectivity index (χ1v) is 12.0. The number of H-pyrrole nitrogens is 1. The van der Waals surface area contributed by atoms with Gasteiger partial charge in [-0.2, -0.15) is 0 Å². The number of pyridine rings is 2. The molecule has 174 valence electrons. The number of carbonyl (C=O) groups is 1. The van der Waals surface area contributed by atoms with Crippen molar-refractivity contribution in [2.24, 2.45) is 0 Å². The summed E-state index contributed by atoms with van der Waals surface area (Å²) in [5.41, 5.74) is 3.40. The number of amides is 1. The molecule has 0 atom stereocenters. The summed E-state index contributed by atoms with van der Waals surface area (Å²) in [6.45, 7) is 1.92. The number of benzene rings is 2. The van der Waals surface area contributed by atoms with Crippen LogP contribution in [0.2, 0.25) is 0 Å². The Labute approximate surface area is 208 Å². The highest BCUT2D eigenvalue weighted by molar-refractivity contribution is 7.15. The molecule has 0 unspecified atom stereocenters. The van der Waals surface area contributed by atoms with Gasteiger partial charge in [-0.3, -0.25) is 14.6 Å². The molecule has 2 aromatic carbocycles. The molecule has 9 heteroatoms. The van der Waals surface area contributed by atoms with Crippen molar-refractivity contribution in [3.8, 4) is 21.8 Å². The van der Waals surface area contributed by atoms with Crippen molar-refractivity contribution in [1.82, 2.24) is 24.9 Å². The zero-order valence-corrected chi connectivity index (χ0v) is 19.8. The second-order valence-electron chi connectivity index (χ2n) is 8.12. The number of aromatic amines is 1. The van der Waals surface area contributed by atoms with Gasteiger partial charge in [0.25, 0.3) is 5.91 Å². The molecule has 0 fully saturated rings. The number of hydrogen-bond acceptors (Lipinski definition) is 7. The summed E-state index contributed by atoms with van der Waals surface area (Å²) < 4.78 is 0. The minimum atomic E-state index is -0.420. The van der Waals surface area contributed by atoms with E-state index in [1.165, 1.54) is 17.5 Å². The maximum atomic E-state index is 13.4. The summed E-state index contributed by atoms with van der Waals surface area (Å²) in [4.78, 5) is 48.2. The Kier molecular flexibility index (Phi) is 5.31. The molecule has 0 aliphatic heterocycles. The van der Waals surface area contributed by atoms with E-state index >= 15 is 0 Å². The average molecular weight is 491 g/mol. The van der Waals surface area contributed by atoms with Gasteiger partial charge in [0.1, 0.15) is 11.4 Å². The van der Waals surface area contributed by atoms with Crippen molar-refractivity contribution in [3.05, 3.63) is 100 Å². The van der Waals surface area contributed by atoms with Crippen LogP contribution in [0.3, 0.4) is 0 Å². The summed E-state index contributed by atoms with van der Waals surface area (Å²) in [7, 11) is 0. The average Bonchev–Trinajstić information content (AvgIpc) is 3.36. The number of aromatic nitrogens is 5. The molecular formula is C27H18N6O2S. The Morgan fingerprint density at radius 1 is 0.972 bits per heavy atom. The largest absolute Gasteiger partial charge is 0.343 e. The van der Waals surface area contributed by atoms with Crippen molar-refractivity contribution in [3.63, 3.8) is 0 Å². The summed E-state index contributed by atoms with van der Waals surface area (Å²) in [5, 5.41) is 4.53. The number of rotatable bonds is 4. The van der Waals surface area contributed by atoms with Crippen LogP contribution in [0.15, 0.2) is 84.0 Å². The fourth-order valence-corrected chi connectivity index (χ4v) is 4.74. The second-order valence-corrected chi connectivity index (χ2v) is 9.36. The summed E-state index contributed by atoms with van der Waals surface area (Å²) >= 11 is 1.50. The minimum Gasteiger partial charge on any atom is -0.343 e. The van der Waals surface area contributed by atoms with Gasteiger partial charge in [0.15, 0.2) is 11.2 Å². The molecule has 4 heterocycles. The van der Waals surface area contributed by atoms with Gasteiger partial charge in [0, 0.05) is 35.1 Å². The van der Waals surface area contributed by atoms with Crippen molar-refractivity contribution in [2.45, 2.75) is 6.92 Å². The first kappa shape index (κ1) is 21.8. The van der Waals surface area contributed by atoms with Crippen LogP contribution in [0.1, 0.15) is 15.4 Å². The van der Waals surface area contributed by atoms with Gasteiger partial charge in [-0.15, -0.1) is 11.3 Å². The van der Waals surface area contributed by atoms with E-state index in [1.54, 1.807) is 36.7 Å². The van der Waals surface area contributed by atoms with Crippen molar-refractivity contribution >= 4 is 45.0 Å². The lowest BCUT2D eigenvalue weighted by atomic mass is 10.1. The van der Waals surface area contributed by atoms with Crippen LogP contribution < -0.4 is 10.7 Å². The topological polar surface area (TPSA) is 114 Å². The standard InChI is InChI=1S/C27H18N6O2S/c1-15-29-14-21(36-15)23-22(18-9-10-19-17(12-18)8-5-11-28-19)32-24-25(34)20(13-30-26(24)33-23)31-27(35)16-6-3-2-4-7-16/h2-14H,1H3,(H,31,35)(H,30,33,34). The van der Waals surface area contributed by atoms with E-state index in [0.717, 1.165) is 26.4 Å². The number of thiazole rings is 1. The van der Waals surface area contributed by atoms with Crippen LogP contribution in [0.4, 0.5) is 5.69 Å². The molecule has 6 rings (SSSR count). The number of nitrogens with one attached hydrogen (secondary N) is 2. The molecule has 2 N–H and O–H groups in total. The van der Waals surface area contributed by atoms with Gasteiger partial charge in [-0.25, -0.2) is 15.0 Å². The zero-order valence-electron chi connectivity index (χ0n) is 19.0. The number of carbonyl (C=O) groups excluding carboxylic acids is 1. The zero-order chi connectivity index (χ0) is 24.6. The quantitative estimate of drug-likeness (QED) is 0.350. The lowest BCUT2D eigenvalue weighted by Crippen LogP contribution is -2.19. The molecule has 0 spiro atoms. The van der Waals surface area contributed by atoms with E-state index in [9.17, 15) is 9.59 Å². The van der Waals surface area contributed by atoms with E-state index in [4.69, 9.17) is 9.97 Å². The maximum absolute atomic E-state index is 13.4. The third-order valence-electron chi connectivity index (χ3n) is 5.72. The summed E-state index contributed by atoms with van der Waals surface area (Å²) in [6.07, 6.45) is 4.95. The van der Waals surface area contributed by atoms with Crippen molar-refractivity contribution in [1.29, 1.82) is 0 Å². The van der Waals surface area contributed by atoms with Crippen molar-refractivity contribution < 1.29 is 4.79 Å². The van der Waals surface area contributed by atoms with Crippen LogP contribution in [0.5, 0.6) is 0 Å². The van der Waals surface area contributed by atoms with Crippen LogP contribution in [0.25, 0.3) is 43.9 Å². The molecule has 0 aliphatic carbocycles. The SMILES string of the molecule is Cc1ncc(-c2nc3[nH]cc(NC(=O)c4ccccc4)c(=O)c3nc2-c2ccc3ncccc3c2)s1. The number of nitrogens with zero attached hydrogens (tertiary/aromatic N) is 4. The van der Waals surface area contributed by atoms with Gasteiger partial charge in [-0.05, 0) is 37.3 Å². The second kappa shape index (κ2) is 8.79. The molecule has 36 heavy (non-hydrogen) atoms. The predicted molar refractivity (Wildman–Crippen MR) is 141 cm³/mol. The number of aryl methyl sites for hydroxylation is 1. The summed E-state index contributed by atoms with van der Waals surface area (Å²) in [6, 6.07) is 18.4. The molecular weight excluding hydrogens is 472 g/mol. The van der Waals surface area contributed by atoms with Gasteiger partial charge in [0.2, 0.25) is 5.43 Å². The maximum Gasteiger partial charge on any atom is 0.255 e. The highest BCUT2D eigenvalue weighted by Gasteiger charge is 2.19. The van der Waals surface area contributed by atoms with E-state index in [1.807, 2.05) is 43.3 Å². The minimum absolute atomic E-state index is 0.0979. The van der Waals surface area contributed by atoms with Crippen LogP contribution >= 0.6 is 11.3 Å². The fraction of sp³-hybridized carbons (Fsp3) is 0.0370. The Morgan fingerprint density at radius 3 is 2.64 bits per heavy atom. The van der Waals surface area contributed by atoms with E-state index in [2.05, 4.69) is 20.3 Å². The van der Waals surface area contributed by atoms with Gasteiger partial charge >= 0.3 is 0 Å². The summed E-state index contributed by atoms with van der Waals surface area (Å²) in [5.74, 6) is -0.382. The van der Waals surface area contributed by atoms with Gasteiger partial charge in [-0.1, -0.05) is 30.3 Å². The third kappa shape index (κ3) is 3.91. The number of hydrogen-bond donors (Lipinski definition) is 2. The predicted octanol–water partition coefficient (Wildman–Crippen LogP) is 5.22.